The van der Waals surface area contributed by atoms with E-state index in [1.165, 1.54) is 62.8 Å². The number of carbonyl (C=O) groups excluding carboxylic acids is 2. The van der Waals surface area contributed by atoms with Crippen LogP contribution < -0.4 is 8.48 Å². The van der Waals surface area contributed by atoms with Crippen molar-refractivity contribution in [2.45, 2.75) is 116 Å². The Balaban J connectivity index is 1.58. The van der Waals surface area contributed by atoms with Gasteiger partial charge in [0, 0.05) is 12.6 Å². The standard InChI is InChI=1S/C21H21N2O4S.3C4H9.Sn/c1-2-16-9-6-12-23(16)28(26,27)17-10-11-19-18(13-17)20(24)21(25)22(19)14-15-7-4-3-5-8-15;3*1-3-4-2;/h4-5,7-8,10-11,13,16H,2,6,9,12,14H2,1H3;3*1,3-4H2,2H3;/t16-;;;;/m1..../s1. The van der Waals surface area contributed by atoms with Gasteiger partial charge >= 0.3 is 214 Å². The van der Waals surface area contributed by atoms with Gasteiger partial charge in [0.25, 0.3) is 0 Å². The number of benzene rings is 2. The Bertz CT molecular complexity index is 1300. The van der Waals surface area contributed by atoms with Gasteiger partial charge in [0.2, 0.25) is 0 Å². The Labute approximate surface area is 251 Å². The van der Waals surface area contributed by atoms with Gasteiger partial charge in [-0.25, -0.2) is 0 Å². The van der Waals surface area contributed by atoms with Crippen LogP contribution in [0.1, 0.15) is 101 Å². The summed E-state index contributed by atoms with van der Waals surface area (Å²) < 4.78 is 34.1. The van der Waals surface area contributed by atoms with E-state index in [1.807, 2.05) is 6.92 Å². The van der Waals surface area contributed by atoms with Gasteiger partial charge in [-0.3, -0.25) is 0 Å². The second kappa shape index (κ2) is 14.2. The summed E-state index contributed by atoms with van der Waals surface area (Å²) in [6, 6.07) is 13.5. The van der Waals surface area contributed by atoms with Crippen LogP contribution in [-0.2, 0) is 21.4 Å². The van der Waals surface area contributed by atoms with Crippen molar-refractivity contribution >= 4 is 49.4 Å². The Morgan fingerprint density at radius 1 is 0.854 bits per heavy atom. The minimum atomic E-state index is -3.72. The van der Waals surface area contributed by atoms with Crippen molar-refractivity contribution in [3.05, 3.63) is 53.6 Å². The van der Waals surface area contributed by atoms with Gasteiger partial charge in [-0.15, -0.1) is 0 Å². The molecule has 0 aromatic heterocycles. The van der Waals surface area contributed by atoms with E-state index in [2.05, 4.69) is 45.0 Å². The van der Waals surface area contributed by atoms with Crippen molar-refractivity contribution in [2.24, 2.45) is 0 Å². The number of hydrogen-bond donors (Lipinski definition) is 0. The zero-order chi connectivity index (χ0) is 29.6. The van der Waals surface area contributed by atoms with Crippen LogP contribution in [0.15, 0.2) is 47.4 Å². The Morgan fingerprint density at radius 3 is 2.02 bits per heavy atom. The molecule has 0 N–H and O–H groups in total. The third kappa shape index (κ3) is 6.77. The van der Waals surface area contributed by atoms with E-state index in [1.54, 1.807) is 20.0 Å². The van der Waals surface area contributed by atoms with Crippen LogP contribution in [0.4, 0.5) is 5.69 Å². The number of carbonyl (C=O) groups is 2. The number of Topliss-reactive ketones (excluding diaryl/α,β-unsaturated/α-hetero) is 1. The van der Waals surface area contributed by atoms with E-state index in [0.717, 1.165) is 24.8 Å². The number of hydrogen-bond acceptors (Lipinski definition) is 4. The van der Waals surface area contributed by atoms with Crippen LogP contribution in [0, 0.1) is 0 Å². The molecule has 1 amide bonds. The van der Waals surface area contributed by atoms with Gasteiger partial charge in [0.1, 0.15) is 0 Å². The molecule has 2 aromatic carbocycles. The van der Waals surface area contributed by atoms with Gasteiger partial charge in [0.05, 0.1) is 0 Å². The van der Waals surface area contributed by atoms with Crippen LogP contribution in [0.3, 0.4) is 0 Å². The van der Waals surface area contributed by atoms with E-state index in [4.69, 9.17) is 0 Å². The molecule has 2 heterocycles. The van der Waals surface area contributed by atoms with E-state index >= 15 is 0 Å². The summed E-state index contributed by atoms with van der Waals surface area (Å²) >= 11 is -2.55. The first-order valence-electron chi connectivity index (χ1n) is 15.8. The first-order valence-corrected chi connectivity index (χ1v) is 24.8. The summed E-state index contributed by atoms with van der Waals surface area (Å²) in [6.07, 6.45) is 10.1. The van der Waals surface area contributed by atoms with Crippen LogP contribution in [0.2, 0.25) is 13.3 Å². The first-order chi connectivity index (χ1) is 19.7. The Morgan fingerprint density at radius 2 is 1.46 bits per heavy atom. The summed E-state index contributed by atoms with van der Waals surface area (Å²) in [5, 5.41) is 0. The van der Waals surface area contributed by atoms with E-state index in [9.17, 15) is 18.0 Å². The van der Waals surface area contributed by atoms with Gasteiger partial charge in [-0.2, -0.15) is 0 Å². The second-order valence-electron chi connectivity index (χ2n) is 12.0. The molecule has 0 bridgehead atoms. The van der Waals surface area contributed by atoms with Crippen molar-refractivity contribution in [3.63, 3.8) is 0 Å². The maximum atomic E-state index is 13.4. The molecule has 2 aliphatic heterocycles. The van der Waals surface area contributed by atoms with E-state index in [-0.39, 0.29) is 16.5 Å². The summed E-state index contributed by atoms with van der Waals surface area (Å²) in [5.41, 5.74) is 1.68. The third-order valence-corrected chi connectivity index (χ3v) is 26.9. The number of unbranched alkanes of at least 4 members (excludes halogenated alkanes) is 3. The molecule has 1 fully saturated rings. The number of rotatable bonds is 15. The second-order valence-corrected chi connectivity index (χ2v) is 27.1. The van der Waals surface area contributed by atoms with E-state index in [0.29, 0.717) is 18.8 Å². The average molecular weight is 688 g/mol. The Hall–Kier alpha value is -1.71. The minimum absolute atomic E-state index is 0.0145. The van der Waals surface area contributed by atoms with Crippen molar-refractivity contribution < 1.29 is 18.0 Å². The van der Waals surface area contributed by atoms with Gasteiger partial charge in [-0.05, 0) is 19.3 Å². The zero-order valence-corrected chi connectivity index (χ0v) is 29.1. The van der Waals surface area contributed by atoms with Crippen molar-refractivity contribution in [3.8, 4) is 0 Å². The monoisotopic (exact) mass is 688 g/mol. The molecule has 1 saturated heterocycles. The van der Waals surface area contributed by atoms with Crippen LogP contribution in [0.5, 0.6) is 0 Å². The molecule has 0 spiro atoms. The molecule has 8 heteroatoms. The molecule has 0 unspecified atom stereocenters. The molecule has 2 aliphatic rings. The zero-order valence-electron chi connectivity index (χ0n) is 25.5. The average Bonchev–Trinajstić information content (AvgIpc) is 3.57. The maximum absolute atomic E-state index is 13.4. The van der Waals surface area contributed by atoms with Gasteiger partial charge in [0.15, 0.2) is 0 Å². The topological polar surface area (TPSA) is 74.8 Å². The molecule has 0 saturated carbocycles. The summed E-state index contributed by atoms with van der Waals surface area (Å²) in [7, 11) is -3.72. The predicted octanol–water partition coefficient (Wildman–Crippen LogP) is 7.04. The molecule has 1 atom stereocenters. The summed E-state index contributed by atoms with van der Waals surface area (Å²) in [5.74, 6) is -1.22. The summed E-state index contributed by atoms with van der Waals surface area (Å²) in [6.45, 7) is 9.66. The van der Waals surface area contributed by atoms with E-state index < -0.39 is 40.1 Å². The van der Waals surface area contributed by atoms with Crippen LogP contribution >= 0.6 is 0 Å². The fourth-order valence-corrected chi connectivity index (χ4v) is 24.5. The molecule has 0 aliphatic carbocycles. The molecule has 41 heavy (non-hydrogen) atoms. The predicted molar refractivity (Wildman–Crippen MR) is 170 cm³/mol. The van der Waals surface area contributed by atoms with Crippen molar-refractivity contribution in [1.29, 1.82) is 0 Å². The Kier molecular flexibility index (Phi) is 11.1. The molecule has 2 aromatic rings. The number of fused-ring (bicyclic) bond motifs is 1. The van der Waals surface area contributed by atoms with Crippen LogP contribution in [0.25, 0.3) is 0 Å². The first kappa shape index (κ1) is 32.2. The number of anilines is 1. The SMILES string of the molecule is CCC[CH2][Sn]([CH2]CCC)([CH2]CCC)[c]1ccc(CN2C(=O)C(=O)c3cc(S(=O)(=O)N4CCC[C@H]4CC)ccc32)cc1. The molecular formula is C33H48N2O4SSn. The molecule has 4 rings (SSSR count). The van der Waals surface area contributed by atoms with Gasteiger partial charge in [-0.1, -0.05) is 6.92 Å². The normalized spacial score (nSPS) is 18.0. The number of sulfonamides is 1. The number of amides is 1. The number of nitrogens with zero attached hydrogens (tertiary/aromatic N) is 2. The van der Waals surface area contributed by atoms with Crippen molar-refractivity contribution in [2.75, 3.05) is 11.4 Å². The quantitative estimate of drug-likeness (QED) is 0.149. The fraction of sp³-hybridized carbons (Fsp3) is 0.576. The molecular weight excluding hydrogens is 639 g/mol. The number of ketones is 1. The fourth-order valence-electron chi connectivity index (χ4n) is 6.77. The molecule has 6 nitrogen and oxygen atoms in total. The van der Waals surface area contributed by atoms with Gasteiger partial charge < -0.3 is 0 Å². The van der Waals surface area contributed by atoms with Crippen LogP contribution in [-0.4, -0.2) is 55.4 Å². The third-order valence-electron chi connectivity index (χ3n) is 9.28. The van der Waals surface area contributed by atoms with Crippen molar-refractivity contribution in [1.82, 2.24) is 4.31 Å². The molecule has 224 valence electrons. The summed E-state index contributed by atoms with van der Waals surface area (Å²) in [4.78, 5) is 27.7. The molecule has 0 radical (unpaired) electrons.